The van der Waals surface area contributed by atoms with E-state index in [0.717, 1.165) is 51.4 Å². The molecule has 0 aliphatic rings. The monoisotopic (exact) mass is 286 g/mol. The highest BCUT2D eigenvalue weighted by molar-refractivity contribution is 5.59. The van der Waals surface area contributed by atoms with E-state index in [1.54, 1.807) is 12.2 Å². The van der Waals surface area contributed by atoms with Gasteiger partial charge in [-0.25, -0.2) is 4.79 Å². The van der Waals surface area contributed by atoms with Gasteiger partial charge in [0.2, 0.25) is 0 Å². The highest BCUT2D eigenvalue weighted by atomic mass is 16.7. The third-order valence-electron chi connectivity index (χ3n) is 3.32. The van der Waals surface area contributed by atoms with E-state index in [-0.39, 0.29) is 6.61 Å². The maximum Gasteiger partial charge on any atom is 0.508 e. The molecule has 4 heteroatoms. The van der Waals surface area contributed by atoms with Gasteiger partial charge in [0.1, 0.15) is 6.61 Å². The number of hydrogen-bond acceptors (Lipinski definition) is 4. The van der Waals surface area contributed by atoms with Crippen LogP contribution < -0.4 is 0 Å². The van der Waals surface area contributed by atoms with Gasteiger partial charge < -0.3 is 14.6 Å². The Morgan fingerprint density at radius 2 is 1.65 bits per heavy atom. The van der Waals surface area contributed by atoms with Crippen LogP contribution in [0.2, 0.25) is 0 Å². The summed E-state index contributed by atoms with van der Waals surface area (Å²) in [7, 11) is 1.28. The van der Waals surface area contributed by atoms with Crippen molar-refractivity contribution >= 4 is 6.16 Å². The van der Waals surface area contributed by atoms with E-state index in [1.807, 2.05) is 0 Å². The van der Waals surface area contributed by atoms with Crippen molar-refractivity contribution in [3.05, 3.63) is 12.2 Å². The van der Waals surface area contributed by atoms with Gasteiger partial charge in [0.25, 0.3) is 0 Å². The molecular weight excluding hydrogens is 256 g/mol. The second kappa shape index (κ2) is 11.8. The highest BCUT2D eigenvalue weighted by Crippen LogP contribution is 2.24. The lowest BCUT2D eigenvalue weighted by molar-refractivity contribution is 0.0634. The van der Waals surface area contributed by atoms with Crippen LogP contribution in [0.25, 0.3) is 0 Å². The summed E-state index contributed by atoms with van der Waals surface area (Å²) in [6.07, 6.45) is 10.9. The molecule has 118 valence electrons. The van der Waals surface area contributed by atoms with Crippen LogP contribution in [-0.4, -0.2) is 30.6 Å². The number of carbonyl (C=O) groups is 1. The molecule has 0 spiro atoms. The molecule has 0 heterocycles. The molecule has 0 unspecified atom stereocenters. The third kappa shape index (κ3) is 9.84. The van der Waals surface area contributed by atoms with E-state index in [0.29, 0.717) is 0 Å². The minimum Gasteiger partial charge on any atom is -0.438 e. The quantitative estimate of drug-likeness (QED) is 0.351. The number of hydrogen-bond donors (Lipinski definition) is 1. The Kier molecular flexibility index (Phi) is 11.2. The van der Waals surface area contributed by atoms with Gasteiger partial charge in [-0.05, 0) is 18.9 Å². The number of rotatable bonds is 11. The van der Waals surface area contributed by atoms with Gasteiger partial charge in [0, 0.05) is 0 Å². The van der Waals surface area contributed by atoms with Gasteiger partial charge >= 0.3 is 6.16 Å². The molecule has 0 atom stereocenters. The summed E-state index contributed by atoms with van der Waals surface area (Å²) < 4.78 is 9.16. The Labute approximate surface area is 123 Å². The zero-order valence-electron chi connectivity index (χ0n) is 13.2. The average molecular weight is 286 g/mol. The average Bonchev–Trinajstić information content (AvgIpc) is 2.44. The van der Waals surface area contributed by atoms with Gasteiger partial charge in [-0.2, -0.15) is 0 Å². The fraction of sp³-hybridized carbons (Fsp3) is 0.812. The normalized spacial score (nSPS) is 11.8. The molecule has 4 nitrogen and oxygen atoms in total. The second-order valence-corrected chi connectivity index (χ2v) is 5.19. The number of ether oxygens (including phenoxy) is 2. The first-order valence-electron chi connectivity index (χ1n) is 7.68. The smallest absolute Gasteiger partial charge is 0.438 e. The maximum atomic E-state index is 10.8. The van der Waals surface area contributed by atoms with Gasteiger partial charge in [0.05, 0.1) is 12.7 Å². The predicted octanol–water partition coefficient (Wildman–Crippen LogP) is 4.22. The van der Waals surface area contributed by atoms with Crippen LogP contribution in [0.4, 0.5) is 4.79 Å². The molecule has 0 saturated carbocycles. The Hall–Kier alpha value is -1.03. The van der Waals surface area contributed by atoms with Crippen LogP contribution in [0.1, 0.15) is 65.2 Å². The van der Waals surface area contributed by atoms with Gasteiger partial charge in [-0.15, -0.1) is 0 Å². The summed E-state index contributed by atoms with van der Waals surface area (Å²) >= 11 is 0. The first-order valence-corrected chi connectivity index (χ1v) is 7.68. The molecule has 0 aromatic rings. The van der Waals surface area contributed by atoms with Crippen molar-refractivity contribution in [1.82, 2.24) is 0 Å². The SMILES string of the molecule is CCCCCC(O)(/C=C/COC(=O)OC)CCCCC. The standard InChI is InChI=1S/C16H30O4/c1-4-6-8-11-16(18,12-9-7-5-2)13-10-14-20-15(17)19-3/h10,13,18H,4-9,11-12,14H2,1-3H3/b13-10+. The largest absolute Gasteiger partial charge is 0.508 e. The molecule has 1 N–H and O–H groups in total. The molecule has 0 fully saturated rings. The summed E-state index contributed by atoms with van der Waals surface area (Å²) in [5.74, 6) is 0. The van der Waals surface area contributed by atoms with Crippen LogP contribution in [0.5, 0.6) is 0 Å². The van der Waals surface area contributed by atoms with E-state index in [4.69, 9.17) is 4.74 Å². The Morgan fingerprint density at radius 3 is 2.10 bits per heavy atom. The van der Waals surface area contributed by atoms with Crippen molar-refractivity contribution < 1.29 is 19.4 Å². The molecule has 0 bridgehead atoms. The van der Waals surface area contributed by atoms with Crippen molar-refractivity contribution in [1.29, 1.82) is 0 Å². The Bertz CT molecular complexity index is 264. The van der Waals surface area contributed by atoms with Crippen molar-refractivity contribution in [3.63, 3.8) is 0 Å². The summed E-state index contributed by atoms with van der Waals surface area (Å²) in [5, 5.41) is 10.6. The first-order chi connectivity index (χ1) is 9.58. The molecule has 0 radical (unpaired) electrons. The van der Waals surface area contributed by atoms with Crippen LogP contribution in [0, 0.1) is 0 Å². The van der Waals surface area contributed by atoms with Crippen LogP contribution in [0.15, 0.2) is 12.2 Å². The van der Waals surface area contributed by atoms with Crippen LogP contribution in [0.3, 0.4) is 0 Å². The van der Waals surface area contributed by atoms with Gasteiger partial charge in [-0.3, -0.25) is 0 Å². The first kappa shape index (κ1) is 19.0. The number of methoxy groups -OCH3 is 1. The van der Waals surface area contributed by atoms with E-state index in [9.17, 15) is 9.90 Å². The van der Waals surface area contributed by atoms with Crippen molar-refractivity contribution in [2.75, 3.05) is 13.7 Å². The van der Waals surface area contributed by atoms with Gasteiger partial charge in [-0.1, -0.05) is 58.4 Å². The van der Waals surface area contributed by atoms with Crippen molar-refractivity contribution in [2.24, 2.45) is 0 Å². The molecule has 0 aliphatic carbocycles. The summed E-state index contributed by atoms with van der Waals surface area (Å²) in [6, 6.07) is 0. The van der Waals surface area contributed by atoms with E-state index in [2.05, 4.69) is 18.6 Å². The van der Waals surface area contributed by atoms with E-state index >= 15 is 0 Å². The zero-order chi connectivity index (χ0) is 15.3. The number of carbonyl (C=O) groups excluding carboxylic acids is 1. The minimum absolute atomic E-state index is 0.135. The van der Waals surface area contributed by atoms with Crippen LogP contribution in [-0.2, 0) is 9.47 Å². The van der Waals surface area contributed by atoms with Crippen molar-refractivity contribution in [3.8, 4) is 0 Å². The molecule has 0 amide bonds. The van der Waals surface area contributed by atoms with Crippen LogP contribution >= 0.6 is 0 Å². The lowest BCUT2D eigenvalue weighted by Crippen LogP contribution is -2.26. The molecule has 20 heavy (non-hydrogen) atoms. The predicted molar refractivity (Wildman–Crippen MR) is 80.7 cm³/mol. The fourth-order valence-corrected chi connectivity index (χ4v) is 2.10. The molecule has 0 aromatic heterocycles. The maximum absolute atomic E-state index is 10.8. The van der Waals surface area contributed by atoms with E-state index in [1.165, 1.54) is 7.11 Å². The molecule has 0 rings (SSSR count). The van der Waals surface area contributed by atoms with E-state index < -0.39 is 11.8 Å². The number of aliphatic hydroxyl groups is 1. The lowest BCUT2D eigenvalue weighted by Gasteiger charge is -2.24. The third-order valence-corrected chi connectivity index (χ3v) is 3.32. The topological polar surface area (TPSA) is 55.8 Å². The summed E-state index contributed by atoms with van der Waals surface area (Å²) in [5.41, 5.74) is -0.774. The second-order valence-electron chi connectivity index (χ2n) is 5.19. The fourth-order valence-electron chi connectivity index (χ4n) is 2.10. The Balaban J connectivity index is 4.26. The molecule has 0 aromatic carbocycles. The zero-order valence-corrected chi connectivity index (χ0v) is 13.2. The summed E-state index contributed by atoms with van der Waals surface area (Å²) in [4.78, 5) is 10.8. The highest BCUT2D eigenvalue weighted by Gasteiger charge is 2.22. The molecule has 0 aliphatic heterocycles. The Morgan fingerprint density at radius 1 is 1.10 bits per heavy atom. The lowest BCUT2D eigenvalue weighted by atomic mass is 9.90. The minimum atomic E-state index is -0.774. The molecule has 0 saturated heterocycles. The van der Waals surface area contributed by atoms with Crippen molar-refractivity contribution in [2.45, 2.75) is 70.8 Å². The number of unbranched alkanes of at least 4 members (excludes halogenated alkanes) is 4. The van der Waals surface area contributed by atoms with Gasteiger partial charge in [0.15, 0.2) is 0 Å². The molecular formula is C16H30O4. The summed E-state index contributed by atoms with van der Waals surface area (Å²) in [6.45, 7) is 4.43.